The average Bonchev–Trinajstić information content (AvgIpc) is 2.74. The summed E-state index contributed by atoms with van der Waals surface area (Å²) < 4.78 is 0. The molecule has 27 heavy (non-hydrogen) atoms. The summed E-state index contributed by atoms with van der Waals surface area (Å²) in [6, 6.07) is 8.00. The van der Waals surface area contributed by atoms with E-state index in [1.807, 2.05) is 36.7 Å². The molecular formula is C21H22N6. The standard InChI is InChI=1S/C21H22N6/c1-2-6-19-18(5-1)23-12-16(25-19)14-27-10-8-17-15(13-27)11-24-21(26-17)20-7-3-4-9-22-20/h1-2,5-6,11-12H,3-4,7-10,13-14H2. The summed E-state index contributed by atoms with van der Waals surface area (Å²) in [7, 11) is 0. The molecule has 3 aromatic rings. The number of hydrogen-bond acceptors (Lipinski definition) is 6. The van der Waals surface area contributed by atoms with Crippen molar-refractivity contribution in [2.24, 2.45) is 4.99 Å². The SMILES string of the molecule is c1ccc2nc(CN3CCc4nc(C5=NCCCC5)ncc4C3)cnc2c1. The number of hydrogen-bond donors (Lipinski definition) is 0. The first kappa shape index (κ1) is 16.4. The normalized spacial score (nSPS) is 17.6. The molecule has 4 heterocycles. The van der Waals surface area contributed by atoms with E-state index in [0.29, 0.717) is 0 Å². The highest BCUT2D eigenvalue weighted by molar-refractivity contribution is 5.97. The van der Waals surface area contributed by atoms with E-state index in [0.717, 1.165) is 67.3 Å². The summed E-state index contributed by atoms with van der Waals surface area (Å²) in [4.78, 5) is 25.7. The van der Waals surface area contributed by atoms with Crippen molar-refractivity contribution in [3.05, 3.63) is 59.4 Å². The zero-order valence-corrected chi connectivity index (χ0v) is 15.3. The van der Waals surface area contributed by atoms with Gasteiger partial charge in [-0.2, -0.15) is 0 Å². The van der Waals surface area contributed by atoms with E-state index >= 15 is 0 Å². The van der Waals surface area contributed by atoms with Gasteiger partial charge in [-0.3, -0.25) is 14.9 Å². The van der Waals surface area contributed by atoms with Crippen LogP contribution in [0.4, 0.5) is 0 Å². The van der Waals surface area contributed by atoms with Gasteiger partial charge in [0, 0.05) is 44.4 Å². The van der Waals surface area contributed by atoms with Gasteiger partial charge in [0.05, 0.1) is 34.3 Å². The molecule has 0 aliphatic carbocycles. The maximum atomic E-state index is 4.82. The Morgan fingerprint density at radius 1 is 0.926 bits per heavy atom. The molecule has 6 nitrogen and oxygen atoms in total. The lowest BCUT2D eigenvalue weighted by Gasteiger charge is -2.27. The van der Waals surface area contributed by atoms with Crippen LogP contribution in [-0.2, 0) is 19.5 Å². The predicted molar refractivity (Wildman–Crippen MR) is 105 cm³/mol. The van der Waals surface area contributed by atoms with Gasteiger partial charge in [0.25, 0.3) is 0 Å². The van der Waals surface area contributed by atoms with Crippen molar-refractivity contribution < 1.29 is 0 Å². The average molecular weight is 358 g/mol. The maximum absolute atomic E-state index is 4.82. The van der Waals surface area contributed by atoms with Gasteiger partial charge in [0.15, 0.2) is 5.82 Å². The summed E-state index contributed by atoms with van der Waals surface area (Å²) in [5.41, 5.74) is 6.37. The predicted octanol–water partition coefficient (Wildman–Crippen LogP) is 2.95. The zero-order chi connectivity index (χ0) is 18.1. The van der Waals surface area contributed by atoms with Crippen LogP contribution in [0.3, 0.4) is 0 Å². The lowest BCUT2D eigenvalue weighted by Crippen LogP contribution is -2.31. The van der Waals surface area contributed by atoms with E-state index in [1.54, 1.807) is 0 Å². The highest BCUT2D eigenvalue weighted by atomic mass is 15.1. The van der Waals surface area contributed by atoms with Gasteiger partial charge in [0.2, 0.25) is 0 Å². The highest BCUT2D eigenvalue weighted by Gasteiger charge is 2.20. The fourth-order valence-corrected chi connectivity index (χ4v) is 3.83. The lowest BCUT2D eigenvalue weighted by molar-refractivity contribution is 0.240. The van der Waals surface area contributed by atoms with Crippen molar-refractivity contribution in [1.29, 1.82) is 0 Å². The number of nitrogens with zero attached hydrogens (tertiary/aromatic N) is 6. The molecule has 0 saturated carbocycles. The van der Waals surface area contributed by atoms with Crippen LogP contribution >= 0.6 is 0 Å². The molecule has 0 atom stereocenters. The Balaban J connectivity index is 1.32. The van der Waals surface area contributed by atoms with E-state index in [1.165, 1.54) is 24.1 Å². The molecule has 0 N–H and O–H groups in total. The highest BCUT2D eigenvalue weighted by Crippen LogP contribution is 2.20. The van der Waals surface area contributed by atoms with Crippen molar-refractivity contribution in [2.75, 3.05) is 13.1 Å². The van der Waals surface area contributed by atoms with E-state index in [4.69, 9.17) is 9.97 Å². The van der Waals surface area contributed by atoms with Gasteiger partial charge in [-0.25, -0.2) is 15.0 Å². The van der Waals surface area contributed by atoms with Crippen molar-refractivity contribution in [3.63, 3.8) is 0 Å². The molecule has 0 saturated heterocycles. The Labute approximate surface area is 158 Å². The molecule has 0 unspecified atom stereocenters. The minimum Gasteiger partial charge on any atom is -0.293 e. The second-order valence-corrected chi connectivity index (χ2v) is 7.26. The Morgan fingerprint density at radius 2 is 1.85 bits per heavy atom. The molecule has 0 bridgehead atoms. The first-order valence-electron chi connectivity index (χ1n) is 9.67. The molecular weight excluding hydrogens is 336 g/mol. The number of aromatic nitrogens is 4. The van der Waals surface area contributed by atoms with Gasteiger partial charge < -0.3 is 0 Å². The second-order valence-electron chi connectivity index (χ2n) is 7.26. The van der Waals surface area contributed by atoms with Crippen LogP contribution in [-0.4, -0.2) is 43.6 Å². The fourth-order valence-electron chi connectivity index (χ4n) is 3.83. The summed E-state index contributed by atoms with van der Waals surface area (Å²) >= 11 is 0. The Bertz CT molecular complexity index is 1010. The molecule has 0 radical (unpaired) electrons. The first-order chi connectivity index (χ1) is 13.3. The summed E-state index contributed by atoms with van der Waals surface area (Å²) in [6.45, 7) is 3.54. The maximum Gasteiger partial charge on any atom is 0.173 e. The molecule has 136 valence electrons. The number of aliphatic imine (C=N–C) groups is 1. The van der Waals surface area contributed by atoms with E-state index < -0.39 is 0 Å². The largest absolute Gasteiger partial charge is 0.293 e. The van der Waals surface area contributed by atoms with Crippen LogP contribution < -0.4 is 0 Å². The quantitative estimate of drug-likeness (QED) is 0.720. The second kappa shape index (κ2) is 7.12. The monoisotopic (exact) mass is 358 g/mol. The van der Waals surface area contributed by atoms with Crippen LogP contribution in [0, 0.1) is 0 Å². The minimum absolute atomic E-state index is 0.797. The topological polar surface area (TPSA) is 67.2 Å². The molecule has 2 aliphatic rings. The Morgan fingerprint density at radius 3 is 2.74 bits per heavy atom. The van der Waals surface area contributed by atoms with Crippen molar-refractivity contribution >= 4 is 16.7 Å². The minimum atomic E-state index is 0.797. The van der Waals surface area contributed by atoms with Crippen molar-refractivity contribution in [2.45, 2.75) is 38.8 Å². The molecule has 0 spiro atoms. The van der Waals surface area contributed by atoms with Gasteiger partial charge in [-0.15, -0.1) is 0 Å². The van der Waals surface area contributed by atoms with Crippen LogP contribution in [0.1, 0.15) is 42.0 Å². The zero-order valence-electron chi connectivity index (χ0n) is 15.3. The third-order valence-corrected chi connectivity index (χ3v) is 5.28. The molecule has 1 aromatic carbocycles. The number of fused-ring (bicyclic) bond motifs is 2. The van der Waals surface area contributed by atoms with Gasteiger partial charge in [0.1, 0.15) is 0 Å². The van der Waals surface area contributed by atoms with E-state index in [9.17, 15) is 0 Å². The van der Waals surface area contributed by atoms with Gasteiger partial charge in [-0.1, -0.05) is 12.1 Å². The number of rotatable bonds is 3. The molecule has 5 rings (SSSR count). The third-order valence-electron chi connectivity index (χ3n) is 5.28. The molecule has 2 aliphatic heterocycles. The van der Waals surface area contributed by atoms with E-state index in [2.05, 4.69) is 19.9 Å². The molecule has 0 amide bonds. The van der Waals surface area contributed by atoms with Gasteiger partial charge in [-0.05, 0) is 31.4 Å². The van der Waals surface area contributed by atoms with E-state index in [-0.39, 0.29) is 0 Å². The first-order valence-corrected chi connectivity index (χ1v) is 9.67. The van der Waals surface area contributed by atoms with Gasteiger partial charge >= 0.3 is 0 Å². The summed E-state index contributed by atoms with van der Waals surface area (Å²) in [5.74, 6) is 0.835. The van der Waals surface area contributed by atoms with Crippen molar-refractivity contribution in [3.8, 4) is 0 Å². The fraction of sp³-hybridized carbons (Fsp3) is 0.381. The molecule has 2 aromatic heterocycles. The summed E-state index contributed by atoms with van der Waals surface area (Å²) in [5, 5.41) is 0. The molecule has 6 heteroatoms. The smallest absolute Gasteiger partial charge is 0.173 e. The third kappa shape index (κ3) is 3.45. The number of benzene rings is 1. The summed E-state index contributed by atoms with van der Waals surface area (Å²) in [6.07, 6.45) is 8.21. The van der Waals surface area contributed by atoms with Crippen LogP contribution in [0.15, 0.2) is 41.7 Å². The lowest BCUT2D eigenvalue weighted by atomic mass is 10.1. The van der Waals surface area contributed by atoms with Crippen LogP contribution in [0.25, 0.3) is 11.0 Å². The molecule has 0 fully saturated rings. The van der Waals surface area contributed by atoms with Crippen LogP contribution in [0.5, 0.6) is 0 Å². The van der Waals surface area contributed by atoms with Crippen molar-refractivity contribution in [1.82, 2.24) is 24.8 Å². The number of para-hydroxylation sites is 2. The Hall–Kier alpha value is -2.73. The Kier molecular flexibility index (Phi) is 4.33. The van der Waals surface area contributed by atoms with Crippen LogP contribution in [0.2, 0.25) is 0 Å².